The Morgan fingerprint density at radius 2 is 1.76 bits per heavy atom. The largest absolute Gasteiger partial charge is 0.497 e. The van der Waals surface area contributed by atoms with Gasteiger partial charge in [-0.2, -0.15) is 5.10 Å². The lowest BCUT2D eigenvalue weighted by molar-refractivity contribution is -0.0814. The summed E-state index contributed by atoms with van der Waals surface area (Å²) >= 11 is 6.10. The summed E-state index contributed by atoms with van der Waals surface area (Å²) < 4.78 is 7.25. The highest BCUT2D eigenvalue weighted by molar-refractivity contribution is 6.30. The molecular formula is C25H29ClN4O3. The number of hydrogen-bond donors (Lipinski definition) is 1. The number of methoxy groups -OCH3 is 1. The summed E-state index contributed by atoms with van der Waals surface area (Å²) in [5, 5.41) is 16.4. The van der Waals surface area contributed by atoms with Gasteiger partial charge in [-0.25, -0.2) is 14.5 Å². The highest BCUT2D eigenvalue weighted by Gasteiger charge is 2.29. The van der Waals surface area contributed by atoms with E-state index < -0.39 is 0 Å². The first-order chi connectivity index (χ1) is 15.9. The third-order valence-electron chi connectivity index (χ3n) is 6.05. The average Bonchev–Trinajstić information content (AvgIpc) is 3.29. The number of likely N-dealkylation sites (tertiary alicyclic amines) is 1. The minimum absolute atomic E-state index is 0.228. The monoisotopic (exact) mass is 468 g/mol. The first kappa shape index (κ1) is 23.1. The van der Waals surface area contributed by atoms with Crippen molar-refractivity contribution in [3.8, 4) is 22.7 Å². The quantitative estimate of drug-likeness (QED) is 0.391. The van der Waals surface area contributed by atoms with Gasteiger partial charge in [0.15, 0.2) is 0 Å². The van der Waals surface area contributed by atoms with E-state index in [1.165, 1.54) is 0 Å². The number of benzene rings is 2. The number of piperidine rings is 1. The summed E-state index contributed by atoms with van der Waals surface area (Å²) in [5.74, 6) is 1.03. The second-order valence-electron chi connectivity index (χ2n) is 8.55. The molecule has 1 aromatic heterocycles. The maximum atomic E-state index is 12.5. The van der Waals surface area contributed by atoms with Gasteiger partial charge in [0, 0.05) is 29.6 Å². The zero-order valence-corrected chi connectivity index (χ0v) is 19.9. The summed E-state index contributed by atoms with van der Waals surface area (Å²) in [5.41, 5.74) is 3.93. The van der Waals surface area contributed by atoms with Crippen molar-refractivity contribution in [1.82, 2.24) is 19.7 Å². The zero-order chi connectivity index (χ0) is 23.5. The molecule has 2 heterocycles. The molecule has 3 aromatic rings. The van der Waals surface area contributed by atoms with Gasteiger partial charge >= 0.3 is 6.03 Å². The van der Waals surface area contributed by atoms with Crippen LogP contribution in [0.1, 0.15) is 38.3 Å². The van der Waals surface area contributed by atoms with Crippen molar-refractivity contribution in [2.75, 3.05) is 20.2 Å². The lowest BCUT2D eigenvalue weighted by atomic mass is 9.93. The predicted molar refractivity (Wildman–Crippen MR) is 128 cm³/mol. The highest BCUT2D eigenvalue weighted by atomic mass is 35.5. The van der Waals surface area contributed by atoms with Crippen molar-refractivity contribution in [1.29, 1.82) is 0 Å². The number of rotatable bonds is 5. The fourth-order valence-corrected chi connectivity index (χ4v) is 4.20. The minimum atomic E-state index is -0.339. The molecule has 1 aliphatic rings. The maximum Gasteiger partial charge on any atom is 0.343 e. The number of ether oxygens (including phenoxy) is 1. The second kappa shape index (κ2) is 9.85. The lowest BCUT2D eigenvalue weighted by Crippen LogP contribution is -2.47. The topological polar surface area (TPSA) is 70.8 Å². The highest BCUT2D eigenvalue weighted by Crippen LogP contribution is 2.33. The Balaban J connectivity index is 1.60. The fourth-order valence-electron chi connectivity index (χ4n) is 4.08. The van der Waals surface area contributed by atoms with Gasteiger partial charge in [0.05, 0.1) is 30.2 Å². The van der Waals surface area contributed by atoms with Crippen LogP contribution in [0.4, 0.5) is 4.79 Å². The molecule has 2 aromatic carbocycles. The molecule has 1 N–H and O–H groups in total. The number of aromatic nitrogens is 2. The van der Waals surface area contributed by atoms with E-state index >= 15 is 0 Å². The van der Waals surface area contributed by atoms with Gasteiger partial charge in [-0.15, -0.1) is 0 Å². The zero-order valence-electron chi connectivity index (χ0n) is 19.1. The Bertz CT molecular complexity index is 1090. The Kier molecular flexibility index (Phi) is 6.91. The van der Waals surface area contributed by atoms with Crippen LogP contribution in [0, 0.1) is 0 Å². The molecule has 0 aliphatic carbocycles. The normalized spacial score (nSPS) is 14.5. The molecule has 0 bridgehead atoms. The fraction of sp³-hybridized carbons (Fsp3) is 0.360. The summed E-state index contributed by atoms with van der Waals surface area (Å²) in [6.07, 6.45) is 1.58. The van der Waals surface area contributed by atoms with Crippen LogP contribution >= 0.6 is 11.6 Å². The van der Waals surface area contributed by atoms with Gasteiger partial charge in [-0.1, -0.05) is 11.6 Å². The van der Waals surface area contributed by atoms with Gasteiger partial charge in [0.2, 0.25) is 0 Å². The molecule has 8 heteroatoms. The van der Waals surface area contributed by atoms with E-state index in [0.29, 0.717) is 18.1 Å². The molecule has 1 saturated heterocycles. The second-order valence-corrected chi connectivity index (χ2v) is 8.99. The number of hydroxylamine groups is 2. The molecule has 1 aliphatic heterocycles. The molecular weight excluding hydrogens is 440 g/mol. The first-order valence-corrected chi connectivity index (χ1v) is 11.5. The Labute approximate surface area is 199 Å². The number of nitrogens with zero attached hydrogens (tertiary/aromatic N) is 4. The summed E-state index contributed by atoms with van der Waals surface area (Å²) in [6.45, 7) is 4.74. The maximum absolute atomic E-state index is 12.5. The van der Waals surface area contributed by atoms with Crippen molar-refractivity contribution < 1.29 is 14.7 Å². The molecule has 1 fully saturated rings. The van der Waals surface area contributed by atoms with Crippen LogP contribution < -0.4 is 4.74 Å². The number of hydrogen-bond acceptors (Lipinski definition) is 4. The van der Waals surface area contributed by atoms with Crippen LogP contribution in [-0.2, 0) is 0 Å². The van der Waals surface area contributed by atoms with Gasteiger partial charge in [0.1, 0.15) is 5.75 Å². The molecule has 7 nitrogen and oxygen atoms in total. The number of amides is 2. The molecule has 174 valence electrons. The third kappa shape index (κ3) is 4.99. The molecule has 0 radical (unpaired) electrons. The van der Waals surface area contributed by atoms with E-state index in [9.17, 15) is 10.0 Å². The number of carbonyl (C=O) groups excluding carboxylic acids is 1. The standard InChI is InChI=1S/C25H29ClN4O3/c1-17(2)30(32)25(31)28-14-12-18(13-15-28)23-16-24(19-4-10-22(33-3)11-5-19)29(27-23)21-8-6-20(26)7-9-21/h4-11,16-18,32H,12-15H2,1-3H3. The lowest BCUT2D eigenvalue weighted by Gasteiger charge is -2.34. The van der Waals surface area contributed by atoms with E-state index in [4.69, 9.17) is 21.4 Å². The van der Waals surface area contributed by atoms with Crippen molar-refractivity contribution >= 4 is 17.6 Å². The van der Waals surface area contributed by atoms with Crippen LogP contribution in [-0.4, -0.2) is 57.2 Å². The van der Waals surface area contributed by atoms with Crippen molar-refractivity contribution in [2.45, 2.75) is 38.6 Å². The van der Waals surface area contributed by atoms with Gasteiger partial charge < -0.3 is 9.64 Å². The van der Waals surface area contributed by atoms with Gasteiger partial charge in [0.25, 0.3) is 0 Å². The van der Waals surface area contributed by atoms with Gasteiger partial charge in [-0.05, 0) is 81.3 Å². The molecule has 4 rings (SSSR count). The SMILES string of the molecule is COc1ccc(-c2cc(C3CCN(C(=O)N(O)C(C)C)CC3)nn2-c2ccc(Cl)cc2)cc1. The van der Waals surface area contributed by atoms with Crippen LogP contribution in [0.2, 0.25) is 5.02 Å². The van der Waals surface area contributed by atoms with Crippen molar-refractivity contribution in [2.24, 2.45) is 0 Å². The minimum Gasteiger partial charge on any atom is -0.497 e. The average molecular weight is 469 g/mol. The van der Waals surface area contributed by atoms with Crippen molar-refractivity contribution in [3.63, 3.8) is 0 Å². The molecule has 33 heavy (non-hydrogen) atoms. The number of urea groups is 1. The first-order valence-electron chi connectivity index (χ1n) is 11.1. The smallest absolute Gasteiger partial charge is 0.343 e. The van der Waals surface area contributed by atoms with Crippen LogP contribution in [0.5, 0.6) is 5.75 Å². The molecule has 0 unspecified atom stereocenters. The molecule has 0 atom stereocenters. The van der Waals surface area contributed by atoms with E-state index in [0.717, 1.165) is 46.3 Å². The molecule has 2 amide bonds. The van der Waals surface area contributed by atoms with Gasteiger partial charge in [-0.3, -0.25) is 5.21 Å². The number of carbonyl (C=O) groups is 1. The van der Waals surface area contributed by atoms with E-state index in [1.54, 1.807) is 25.9 Å². The summed E-state index contributed by atoms with van der Waals surface area (Å²) in [4.78, 5) is 14.2. The predicted octanol–water partition coefficient (Wildman–Crippen LogP) is 5.60. The van der Waals surface area contributed by atoms with Crippen LogP contribution in [0.15, 0.2) is 54.6 Å². The van der Waals surface area contributed by atoms with Crippen LogP contribution in [0.25, 0.3) is 16.9 Å². The van der Waals surface area contributed by atoms with Crippen LogP contribution in [0.3, 0.4) is 0 Å². The van der Waals surface area contributed by atoms with E-state index in [2.05, 4.69) is 6.07 Å². The Morgan fingerprint density at radius 3 is 2.33 bits per heavy atom. The Hall–Kier alpha value is -3.03. The van der Waals surface area contributed by atoms with E-state index in [-0.39, 0.29) is 18.0 Å². The molecule has 0 saturated carbocycles. The summed E-state index contributed by atoms with van der Waals surface area (Å²) in [7, 11) is 1.65. The van der Waals surface area contributed by atoms with E-state index in [1.807, 2.05) is 53.2 Å². The van der Waals surface area contributed by atoms with Crippen molar-refractivity contribution in [3.05, 3.63) is 65.3 Å². The Morgan fingerprint density at radius 1 is 1.12 bits per heavy atom. The number of halogens is 1. The third-order valence-corrected chi connectivity index (χ3v) is 6.31. The molecule has 0 spiro atoms. The summed E-state index contributed by atoms with van der Waals surface area (Å²) in [6, 6.07) is 17.1.